The molecule has 3 rings (SSSR count). The van der Waals surface area contributed by atoms with Crippen LogP contribution in [0.15, 0.2) is 18.2 Å². The Morgan fingerprint density at radius 2 is 2.08 bits per heavy atom. The fourth-order valence-corrected chi connectivity index (χ4v) is 3.79. The molecule has 2 aromatic rings. The first-order chi connectivity index (χ1) is 11.6. The maximum Gasteiger partial charge on any atom is 0.231 e. The van der Waals surface area contributed by atoms with Gasteiger partial charge in [0.2, 0.25) is 5.91 Å². The van der Waals surface area contributed by atoms with Gasteiger partial charge in [-0.25, -0.2) is 4.98 Å². The first kappa shape index (κ1) is 19.9. The lowest BCUT2D eigenvalue weighted by atomic mass is 9.84. The molecule has 1 saturated carbocycles. The van der Waals surface area contributed by atoms with Crippen molar-refractivity contribution in [2.45, 2.75) is 26.2 Å². The van der Waals surface area contributed by atoms with Crippen molar-refractivity contribution in [1.82, 2.24) is 9.88 Å². The number of hydrogen-bond acceptors (Lipinski definition) is 5. The van der Waals surface area contributed by atoms with E-state index in [1.54, 1.807) is 11.3 Å². The SMILES string of the molecule is CCOc1cccc2sc(N(CCN(C)C)C(=O)C3CCC3)nc12.Cl. The summed E-state index contributed by atoms with van der Waals surface area (Å²) < 4.78 is 6.75. The number of carbonyl (C=O) groups excluding carboxylic acids is 1. The first-order valence-electron chi connectivity index (χ1n) is 8.58. The predicted octanol–water partition coefficient (Wildman–Crippen LogP) is 3.81. The van der Waals surface area contributed by atoms with Crippen LogP contribution in [0.5, 0.6) is 5.75 Å². The van der Waals surface area contributed by atoms with E-state index in [9.17, 15) is 4.79 Å². The third-order valence-corrected chi connectivity index (χ3v) is 5.44. The quantitative estimate of drug-likeness (QED) is 0.729. The minimum absolute atomic E-state index is 0. The molecular weight excluding hydrogens is 358 g/mol. The van der Waals surface area contributed by atoms with Gasteiger partial charge in [-0.3, -0.25) is 9.69 Å². The summed E-state index contributed by atoms with van der Waals surface area (Å²) in [6, 6.07) is 5.96. The molecule has 0 N–H and O–H groups in total. The molecule has 1 fully saturated rings. The van der Waals surface area contributed by atoms with Crippen molar-refractivity contribution in [3.8, 4) is 5.75 Å². The van der Waals surface area contributed by atoms with E-state index >= 15 is 0 Å². The van der Waals surface area contributed by atoms with Gasteiger partial charge in [-0.15, -0.1) is 12.4 Å². The van der Waals surface area contributed by atoms with E-state index in [0.717, 1.165) is 46.9 Å². The maximum absolute atomic E-state index is 12.9. The number of amides is 1. The normalized spacial score (nSPS) is 14.2. The van der Waals surface area contributed by atoms with Crippen molar-refractivity contribution in [3.05, 3.63) is 18.2 Å². The number of hydrogen-bond donors (Lipinski definition) is 0. The van der Waals surface area contributed by atoms with Gasteiger partial charge in [-0.2, -0.15) is 0 Å². The molecule has 0 bridgehead atoms. The molecular formula is C18H26ClN3O2S. The Morgan fingerprint density at radius 3 is 2.68 bits per heavy atom. The second-order valence-electron chi connectivity index (χ2n) is 6.45. The largest absolute Gasteiger partial charge is 0.492 e. The lowest BCUT2D eigenvalue weighted by molar-refractivity contribution is -0.124. The summed E-state index contributed by atoms with van der Waals surface area (Å²) in [5.41, 5.74) is 0.857. The van der Waals surface area contributed by atoms with E-state index in [1.807, 2.05) is 44.1 Å². The van der Waals surface area contributed by atoms with E-state index in [0.29, 0.717) is 13.2 Å². The number of nitrogens with zero attached hydrogens (tertiary/aromatic N) is 3. The molecule has 25 heavy (non-hydrogen) atoms. The van der Waals surface area contributed by atoms with Crippen molar-refractivity contribution in [3.63, 3.8) is 0 Å². The second-order valence-corrected chi connectivity index (χ2v) is 7.46. The van der Waals surface area contributed by atoms with Crippen LogP contribution in [-0.4, -0.2) is 49.6 Å². The molecule has 1 heterocycles. The zero-order valence-corrected chi connectivity index (χ0v) is 16.7. The van der Waals surface area contributed by atoms with Gasteiger partial charge in [0.05, 0.1) is 11.3 Å². The molecule has 0 atom stereocenters. The number of thiazole rings is 1. The number of fused-ring (bicyclic) bond motifs is 1. The van der Waals surface area contributed by atoms with Gasteiger partial charge in [0.1, 0.15) is 11.3 Å². The number of benzene rings is 1. The third kappa shape index (κ3) is 4.43. The van der Waals surface area contributed by atoms with E-state index in [1.165, 1.54) is 0 Å². The van der Waals surface area contributed by atoms with Crippen LogP contribution in [-0.2, 0) is 4.79 Å². The Bertz CT molecular complexity index is 715. The van der Waals surface area contributed by atoms with E-state index < -0.39 is 0 Å². The summed E-state index contributed by atoms with van der Waals surface area (Å²) in [5, 5.41) is 0.788. The molecule has 1 amide bonds. The number of carbonyl (C=O) groups is 1. The molecule has 0 radical (unpaired) electrons. The average Bonchev–Trinajstić information content (AvgIpc) is 2.90. The van der Waals surface area contributed by atoms with Crippen LogP contribution in [0, 0.1) is 5.92 Å². The number of anilines is 1. The van der Waals surface area contributed by atoms with Crippen LogP contribution < -0.4 is 9.64 Å². The van der Waals surface area contributed by atoms with Crippen LogP contribution in [0.4, 0.5) is 5.13 Å². The number of halogens is 1. The Balaban J connectivity index is 0.00000225. The summed E-state index contributed by atoms with van der Waals surface area (Å²) in [6.07, 6.45) is 3.17. The highest BCUT2D eigenvalue weighted by Gasteiger charge is 2.31. The summed E-state index contributed by atoms with van der Waals surface area (Å²) in [5.74, 6) is 1.19. The molecule has 1 aliphatic carbocycles. The summed E-state index contributed by atoms with van der Waals surface area (Å²) in [6.45, 7) is 4.08. The Kier molecular flexibility index (Phi) is 7.04. The fourth-order valence-electron chi connectivity index (χ4n) is 2.77. The lowest BCUT2D eigenvalue weighted by Gasteiger charge is -2.30. The Hall–Kier alpha value is -1.37. The molecule has 5 nitrogen and oxygen atoms in total. The standard InChI is InChI=1S/C18H25N3O2S.ClH/c1-4-23-14-9-6-10-15-16(14)19-18(24-15)21(12-11-20(2)3)17(22)13-7-5-8-13;/h6,9-10,13H,4-5,7-8,11-12H2,1-3H3;1H. The topological polar surface area (TPSA) is 45.7 Å². The number of rotatable bonds is 7. The highest BCUT2D eigenvalue weighted by atomic mass is 35.5. The summed E-state index contributed by atoms with van der Waals surface area (Å²) >= 11 is 1.57. The average molecular weight is 384 g/mol. The zero-order valence-electron chi connectivity index (χ0n) is 15.0. The molecule has 0 aliphatic heterocycles. The maximum atomic E-state index is 12.9. The summed E-state index contributed by atoms with van der Waals surface area (Å²) in [4.78, 5) is 21.6. The lowest BCUT2D eigenvalue weighted by Crippen LogP contribution is -2.42. The Morgan fingerprint density at radius 1 is 1.32 bits per heavy atom. The number of para-hydroxylation sites is 1. The smallest absolute Gasteiger partial charge is 0.231 e. The van der Waals surface area contributed by atoms with Crippen LogP contribution in [0.25, 0.3) is 10.2 Å². The van der Waals surface area contributed by atoms with Gasteiger partial charge in [0.25, 0.3) is 0 Å². The number of ether oxygens (including phenoxy) is 1. The van der Waals surface area contributed by atoms with E-state index in [2.05, 4.69) is 4.90 Å². The monoisotopic (exact) mass is 383 g/mol. The predicted molar refractivity (Wildman–Crippen MR) is 106 cm³/mol. The molecule has 138 valence electrons. The molecule has 0 saturated heterocycles. The van der Waals surface area contributed by atoms with Crippen molar-refractivity contribution in [2.75, 3.05) is 38.7 Å². The van der Waals surface area contributed by atoms with E-state index in [4.69, 9.17) is 9.72 Å². The van der Waals surface area contributed by atoms with Crippen LogP contribution in [0.2, 0.25) is 0 Å². The molecule has 7 heteroatoms. The highest BCUT2D eigenvalue weighted by molar-refractivity contribution is 7.22. The fraction of sp³-hybridized carbons (Fsp3) is 0.556. The third-order valence-electron chi connectivity index (χ3n) is 4.39. The second kappa shape index (κ2) is 8.83. The molecule has 0 unspecified atom stereocenters. The molecule has 1 aromatic heterocycles. The van der Waals surface area contributed by atoms with Crippen molar-refractivity contribution in [2.24, 2.45) is 5.92 Å². The molecule has 1 aliphatic rings. The Labute approximate surface area is 159 Å². The van der Waals surface area contributed by atoms with Crippen molar-refractivity contribution >= 4 is 45.0 Å². The summed E-state index contributed by atoms with van der Waals surface area (Å²) in [7, 11) is 4.05. The van der Waals surface area contributed by atoms with Gasteiger partial charge in [0, 0.05) is 19.0 Å². The van der Waals surface area contributed by atoms with Crippen LogP contribution in [0.1, 0.15) is 26.2 Å². The number of likely N-dealkylation sites (N-methyl/N-ethyl adjacent to an activating group) is 1. The minimum Gasteiger partial charge on any atom is -0.492 e. The zero-order chi connectivity index (χ0) is 17.1. The van der Waals surface area contributed by atoms with Gasteiger partial charge < -0.3 is 9.64 Å². The number of aromatic nitrogens is 1. The molecule has 1 aromatic carbocycles. The highest BCUT2D eigenvalue weighted by Crippen LogP contribution is 2.36. The van der Waals surface area contributed by atoms with Gasteiger partial charge in [0.15, 0.2) is 5.13 Å². The first-order valence-corrected chi connectivity index (χ1v) is 9.40. The van der Waals surface area contributed by atoms with Crippen LogP contribution >= 0.6 is 23.7 Å². The molecule has 0 spiro atoms. The van der Waals surface area contributed by atoms with Crippen molar-refractivity contribution < 1.29 is 9.53 Å². The van der Waals surface area contributed by atoms with Gasteiger partial charge in [-0.05, 0) is 46.0 Å². The van der Waals surface area contributed by atoms with Crippen molar-refractivity contribution in [1.29, 1.82) is 0 Å². The van der Waals surface area contributed by atoms with Crippen LogP contribution in [0.3, 0.4) is 0 Å². The van der Waals surface area contributed by atoms with Gasteiger partial charge in [-0.1, -0.05) is 23.8 Å². The van der Waals surface area contributed by atoms with Gasteiger partial charge >= 0.3 is 0 Å². The minimum atomic E-state index is 0. The van der Waals surface area contributed by atoms with E-state index in [-0.39, 0.29) is 24.2 Å².